The fourth-order valence-electron chi connectivity index (χ4n) is 5.05. The molecule has 1 saturated heterocycles. The van der Waals surface area contributed by atoms with E-state index in [0.29, 0.717) is 20.9 Å². The van der Waals surface area contributed by atoms with Crippen LogP contribution in [0.2, 0.25) is 10.0 Å². The van der Waals surface area contributed by atoms with Crippen molar-refractivity contribution < 1.29 is 9.47 Å². The number of anilines is 1. The number of methoxy groups -OCH3 is 2. The van der Waals surface area contributed by atoms with Crippen LogP contribution in [0.1, 0.15) is 34.7 Å². The van der Waals surface area contributed by atoms with Gasteiger partial charge >= 0.3 is 0 Å². The lowest BCUT2D eigenvalue weighted by Crippen LogP contribution is -2.29. The Morgan fingerprint density at radius 3 is 2.38 bits per heavy atom. The van der Waals surface area contributed by atoms with Crippen molar-refractivity contribution in [3.63, 3.8) is 0 Å². The van der Waals surface area contributed by atoms with Crippen LogP contribution >= 0.6 is 35.4 Å². The maximum Gasteiger partial charge on any atom is 0.174 e. The van der Waals surface area contributed by atoms with Crippen molar-refractivity contribution in [3.05, 3.63) is 99.6 Å². The molecule has 1 aliphatic heterocycles. The van der Waals surface area contributed by atoms with Crippen molar-refractivity contribution in [2.24, 2.45) is 0 Å². The van der Waals surface area contributed by atoms with E-state index in [1.54, 1.807) is 20.4 Å². The van der Waals surface area contributed by atoms with E-state index in [0.717, 1.165) is 39.8 Å². The zero-order valence-corrected chi connectivity index (χ0v) is 23.2. The predicted molar refractivity (Wildman–Crippen MR) is 153 cm³/mol. The number of nitrogens with one attached hydrogen (secondary N) is 1. The molecule has 0 radical (unpaired) electrons. The van der Waals surface area contributed by atoms with Crippen LogP contribution in [-0.4, -0.2) is 28.9 Å². The maximum atomic E-state index is 6.53. The van der Waals surface area contributed by atoms with Crippen molar-refractivity contribution >= 4 is 46.2 Å². The minimum Gasteiger partial charge on any atom is -0.495 e. The van der Waals surface area contributed by atoms with Gasteiger partial charge in [-0.3, -0.25) is 4.98 Å². The summed E-state index contributed by atoms with van der Waals surface area (Å²) in [6, 6.07) is 19.0. The second kappa shape index (κ2) is 10.2. The normalized spacial score (nSPS) is 17.1. The number of aryl methyl sites for hydroxylation is 1. The molecule has 1 fully saturated rings. The molecule has 5 rings (SSSR count). The number of halogens is 2. The second-order valence-electron chi connectivity index (χ2n) is 8.79. The van der Waals surface area contributed by atoms with Crippen molar-refractivity contribution in [2.75, 3.05) is 19.1 Å². The molecule has 9 heteroatoms. The summed E-state index contributed by atoms with van der Waals surface area (Å²) in [7, 11) is 3.26. The first kappa shape index (κ1) is 25.4. The summed E-state index contributed by atoms with van der Waals surface area (Å²) in [5, 5.41) is 5.24. The summed E-state index contributed by atoms with van der Waals surface area (Å²) in [5.41, 5.74) is 5.80. The van der Waals surface area contributed by atoms with Gasteiger partial charge in [0.05, 0.1) is 42.7 Å². The molecule has 4 aromatic rings. The Morgan fingerprint density at radius 1 is 0.946 bits per heavy atom. The molecular formula is C28H26Cl2N4O2S. The van der Waals surface area contributed by atoms with Gasteiger partial charge in [-0.05, 0) is 86.2 Å². The lowest BCUT2D eigenvalue weighted by molar-refractivity contribution is 0.412. The SMILES string of the molecule is COc1ccc(N2C(=S)N[C@H](c3ccccn3)[C@H]2c2cc(C)n(-c3cc(Cl)ccc3OC)c2C)cc1Cl. The Kier molecular flexibility index (Phi) is 7.03. The van der Waals surface area contributed by atoms with Crippen molar-refractivity contribution in [3.8, 4) is 17.2 Å². The summed E-state index contributed by atoms with van der Waals surface area (Å²) in [5.74, 6) is 1.34. The summed E-state index contributed by atoms with van der Waals surface area (Å²) in [6.07, 6.45) is 1.80. The van der Waals surface area contributed by atoms with Crippen LogP contribution in [0.15, 0.2) is 66.9 Å². The minimum atomic E-state index is -0.197. The van der Waals surface area contributed by atoms with Gasteiger partial charge in [0.1, 0.15) is 11.5 Å². The zero-order valence-electron chi connectivity index (χ0n) is 20.8. The van der Waals surface area contributed by atoms with Gasteiger partial charge in [0.25, 0.3) is 0 Å². The molecule has 0 amide bonds. The molecule has 190 valence electrons. The van der Waals surface area contributed by atoms with Crippen molar-refractivity contribution in [2.45, 2.75) is 25.9 Å². The number of nitrogens with zero attached hydrogens (tertiary/aromatic N) is 3. The van der Waals surface area contributed by atoms with Crippen LogP contribution in [0.4, 0.5) is 5.69 Å². The molecule has 37 heavy (non-hydrogen) atoms. The highest BCUT2D eigenvalue weighted by Crippen LogP contribution is 2.45. The molecular weight excluding hydrogens is 527 g/mol. The molecule has 0 unspecified atom stereocenters. The molecule has 2 aromatic heterocycles. The molecule has 0 bridgehead atoms. The van der Waals surface area contributed by atoms with Crippen LogP contribution in [-0.2, 0) is 0 Å². The molecule has 0 aliphatic carbocycles. The van der Waals surface area contributed by atoms with Crippen LogP contribution in [0.3, 0.4) is 0 Å². The molecule has 2 aromatic carbocycles. The van der Waals surface area contributed by atoms with Gasteiger partial charge in [-0.1, -0.05) is 29.3 Å². The lowest BCUT2D eigenvalue weighted by Gasteiger charge is -2.28. The summed E-state index contributed by atoms with van der Waals surface area (Å²) >= 11 is 18.8. The van der Waals surface area contributed by atoms with Gasteiger partial charge in [-0.25, -0.2) is 0 Å². The number of thiocarbonyl (C=S) groups is 1. The Morgan fingerprint density at radius 2 is 1.70 bits per heavy atom. The van der Waals surface area contributed by atoms with E-state index < -0.39 is 0 Å². The van der Waals surface area contributed by atoms with E-state index in [9.17, 15) is 0 Å². The largest absolute Gasteiger partial charge is 0.495 e. The molecule has 0 spiro atoms. The quantitative estimate of drug-likeness (QED) is 0.260. The number of hydrogen-bond acceptors (Lipinski definition) is 4. The fourth-order valence-corrected chi connectivity index (χ4v) is 5.81. The predicted octanol–water partition coefficient (Wildman–Crippen LogP) is 6.99. The van der Waals surface area contributed by atoms with Gasteiger partial charge in [0.15, 0.2) is 5.11 Å². The smallest absolute Gasteiger partial charge is 0.174 e. The van der Waals surface area contributed by atoms with Gasteiger partial charge in [-0.2, -0.15) is 0 Å². The Hall–Kier alpha value is -3.26. The number of benzene rings is 2. The molecule has 3 heterocycles. The van der Waals surface area contributed by atoms with E-state index in [4.69, 9.17) is 44.9 Å². The zero-order chi connectivity index (χ0) is 26.3. The van der Waals surface area contributed by atoms with Gasteiger partial charge in [-0.15, -0.1) is 0 Å². The number of pyridine rings is 1. The average molecular weight is 554 g/mol. The van der Waals surface area contributed by atoms with Crippen LogP contribution < -0.4 is 19.7 Å². The van der Waals surface area contributed by atoms with Crippen LogP contribution in [0.25, 0.3) is 5.69 Å². The van der Waals surface area contributed by atoms with Gasteiger partial charge in [0, 0.05) is 28.3 Å². The molecule has 1 N–H and O–H groups in total. The minimum absolute atomic E-state index is 0.190. The van der Waals surface area contributed by atoms with Crippen LogP contribution in [0.5, 0.6) is 11.5 Å². The Balaban J connectivity index is 1.70. The first-order chi connectivity index (χ1) is 17.8. The van der Waals surface area contributed by atoms with Crippen molar-refractivity contribution in [1.82, 2.24) is 14.9 Å². The third-order valence-corrected chi connectivity index (χ3v) is 7.53. The van der Waals surface area contributed by atoms with Crippen molar-refractivity contribution in [1.29, 1.82) is 0 Å². The van der Waals surface area contributed by atoms with Gasteiger partial charge in [0.2, 0.25) is 0 Å². The number of rotatable bonds is 6. The van der Waals surface area contributed by atoms with E-state index in [2.05, 4.69) is 39.7 Å². The Labute approximate surface area is 231 Å². The average Bonchev–Trinajstić information content (AvgIpc) is 3.39. The van der Waals surface area contributed by atoms with Gasteiger partial charge < -0.3 is 24.3 Å². The number of ether oxygens (including phenoxy) is 2. The highest BCUT2D eigenvalue weighted by atomic mass is 35.5. The maximum absolute atomic E-state index is 6.53. The molecule has 1 aliphatic rings. The third-order valence-electron chi connectivity index (χ3n) is 6.68. The van der Waals surface area contributed by atoms with E-state index in [1.165, 1.54) is 0 Å². The Bertz CT molecular complexity index is 1470. The van der Waals surface area contributed by atoms with E-state index in [1.807, 2.05) is 54.6 Å². The first-order valence-corrected chi connectivity index (χ1v) is 12.9. The van der Waals surface area contributed by atoms with Crippen LogP contribution in [0, 0.1) is 13.8 Å². The molecule has 6 nitrogen and oxygen atoms in total. The highest BCUT2D eigenvalue weighted by Gasteiger charge is 2.42. The second-order valence-corrected chi connectivity index (χ2v) is 10.0. The van der Waals surface area contributed by atoms with E-state index in [-0.39, 0.29) is 12.1 Å². The fraction of sp³-hybridized carbons (Fsp3) is 0.214. The number of aromatic nitrogens is 2. The molecule has 0 saturated carbocycles. The number of hydrogen-bond donors (Lipinski definition) is 1. The lowest BCUT2D eigenvalue weighted by atomic mass is 9.96. The topological polar surface area (TPSA) is 51.5 Å². The first-order valence-electron chi connectivity index (χ1n) is 11.7. The highest BCUT2D eigenvalue weighted by molar-refractivity contribution is 7.80. The monoisotopic (exact) mass is 552 g/mol. The summed E-state index contributed by atoms with van der Waals surface area (Å²) in [6.45, 7) is 4.17. The van der Waals surface area contributed by atoms with E-state index >= 15 is 0 Å². The summed E-state index contributed by atoms with van der Waals surface area (Å²) < 4.78 is 13.2. The molecule has 2 atom stereocenters. The third kappa shape index (κ3) is 4.52. The summed E-state index contributed by atoms with van der Waals surface area (Å²) in [4.78, 5) is 6.76. The standard InChI is InChI=1S/C28H26Cl2N4O2S/c1-16-13-20(17(2)33(16)23-14-18(29)8-10-25(23)36-4)27-26(22-7-5-6-12-31-22)32-28(37)34(27)19-9-11-24(35-3)21(30)15-19/h5-15,26-27H,1-4H3,(H,32,37)/t26-,27-/m1/s1.